The molecule has 0 aliphatic heterocycles. The third-order valence-corrected chi connectivity index (χ3v) is 3.90. The number of rotatable bonds is 8. The lowest BCUT2D eigenvalue weighted by Crippen LogP contribution is -2.30. The van der Waals surface area contributed by atoms with Gasteiger partial charge < -0.3 is 25.0 Å². The molecule has 0 bridgehead atoms. The molecule has 0 aromatic heterocycles. The SMILES string of the molecule is COc1ccc(C(O)C(O)CCNC(=O)OCc2ccccc2)c(F)c1F. The molecule has 0 radical (unpaired) electrons. The van der Waals surface area contributed by atoms with Gasteiger partial charge in [0.1, 0.15) is 12.7 Å². The zero-order valence-corrected chi connectivity index (χ0v) is 14.7. The molecule has 2 rings (SSSR count). The Labute approximate surface area is 155 Å². The van der Waals surface area contributed by atoms with Crippen LogP contribution in [0.25, 0.3) is 0 Å². The van der Waals surface area contributed by atoms with E-state index < -0.39 is 35.5 Å². The minimum atomic E-state index is -1.66. The lowest BCUT2D eigenvalue weighted by atomic mass is 10.0. The van der Waals surface area contributed by atoms with Gasteiger partial charge in [0.15, 0.2) is 11.6 Å². The fourth-order valence-corrected chi connectivity index (χ4v) is 2.39. The third kappa shape index (κ3) is 5.63. The van der Waals surface area contributed by atoms with E-state index in [9.17, 15) is 23.8 Å². The Balaban J connectivity index is 1.80. The first-order valence-electron chi connectivity index (χ1n) is 8.26. The van der Waals surface area contributed by atoms with Crippen molar-refractivity contribution in [3.63, 3.8) is 0 Å². The van der Waals surface area contributed by atoms with E-state index in [1.165, 1.54) is 7.11 Å². The number of nitrogens with one attached hydrogen (secondary N) is 1. The van der Waals surface area contributed by atoms with Gasteiger partial charge in [-0.15, -0.1) is 0 Å². The first-order chi connectivity index (χ1) is 12.9. The highest BCUT2D eigenvalue weighted by molar-refractivity contribution is 5.67. The van der Waals surface area contributed by atoms with Crippen molar-refractivity contribution in [3.05, 3.63) is 65.2 Å². The first kappa shape index (κ1) is 20.6. The summed E-state index contributed by atoms with van der Waals surface area (Å²) in [6.45, 7) is 0.0697. The summed E-state index contributed by atoms with van der Waals surface area (Å²) in [4.78, 5) is 11.6. The maximum Gasteiger partial charge on any atom is 0.407 e. The molecular formula is C19H21F2NO5. The van der Waals surface area contributed by atoms with Gasteiger partial charge in [-0.3, -0.25) is 0 Å². The Kier molecular flexibility index (Phi) is 7.51. The highest BCUT2D eigenvalue weighted by Gasteiger charge is 2.25. The van der Waals surface area contributed by atoms with E-state index in [4.69, 9.17) is 4.74 Å². The standard InChI is InChI=1S/C19H21F2NO5/c1-26-15-8-7-13(16(20)17(15)21)18(24)14(23)9-10-22-19(25)27-11-12-5-3-2-4-6-12/h2-8,14,18,23-24H,9-11H2,1H3,(H,22,25). The van der Waals surface area contributed by atoms with Gasteiger partial charge in [-0.2, -0.15) is 4.39 Å². The maximum absolute atomic E-state index is 14.0. The highest BCUT2D eigenvalue weighted by atomic mass is 19.2. The Morgan fingerprint density at radius 1 is 1.11 bits per heavy atom. The summed E-state index contributed by atoms with van der Waals surface area (Å²) in [5.74, 6) is -2.85. The van der Waals surface area contributed by atoms with E-state index in [1.54, 1.807) is 12.1 Å². The normalized spacial score (nSPS) is 12.9. The molecule has 0 aliphatic rings. The summed E-state index contributed by atoms with van der Waals surface area (Å²) >= 11 is 0. The van der Waals surface area contributed by atoms with E-state index in [0.29, 0.717) is 0 Å². The molecule has 8 heteroatoms. The molecule has 2 aromatic rings. The third-order valence-electron chi connectivity index (χ3n) is 3.90. The molecule has 0 aliphatic carbocycles. The van der Waals surface area contributed by atoms with E-state index >= 15 is 0 Å². The molecule has 0 saturated carbocycles. The topological polar surface area (TPSA) is 88.0 Å². The van der Waals surface area contributed by atoms with Crippen LogP contribution in [0.1, 0.15) is 23.7 Å². The van der Waals surface area contributed by atoms with Gasteiger partial charge in [0.2, 0.25) is 5.82 Å². The van der Waals surface area contributed by atoms with E-state index in [2.05, 4.69) is 10.1 Å². The number of hydrogen-bond donors (Lipinski definition) is 3. The molecule has 6 nitrogen and oxygen atoms in total. The monoisotopic (exact) mass is 381 g/mol. The largest absolute Gasteiger partial charge is 0.494 e. The minimum Gasteiger partial charge on any atom is -0.494 e. The zero-order chi connectivity index (χ0) is 19.8. The summed E-state index contributed by atoms with van der Waals surface area (Å²) in [7, 11) is 1.19. The van der Waals surface area contributed by atoms with Crippen LogP contribution in [0.5, 0.6) is 5.75 Å². The molecule has 0 heterocycles. The van der Waals surface area contributed by atoms with Crippen molar-refractivity contribution < 1.29 is 33.3 Å². The number of alkyl carbamates (subject to hydrolysis) is 1. The smallest absolute Gasteiger partial charge is 0.407 e. The highest BCUT2D eigenvalue weighted by Crippen LogP contribution is 2.28. The van der Waals surface area contributed by atoms with E-state index in [-0.39, 0.29) is 25.3 Å². The predicted molar refractivity (Wildman–Crippen MR) is 93.1 cm³/mol. The maximum atomic E-state index is 14.0. The van der Waals surface area contributed by atoms with Crippen molar-refractivity contribution in [3.8, 4) is 5.75 Å². The lowest BCUT2D eigenvalue weighted by Gasteiger charge is -2.19. The molecule has 27 heavy (non-hydrogen) atoms. The number of aliphatic hydroxyl groups is 2. The number of hydrogen-bond acceptors (Lipinski definition) is 5. The number of amides is 1. The van der Waals surface area contributed by atoms with Crippen molar-refractivity contribution in [1.29, 1.82) is 0 Å². The van der Waals surface area contributed by atoms with E-state index in [0.717, 1.165) is 17.7 Å². The molecule has 0 fully saturated rings. The summed E-state index contributed by atoms with van der Waals surface area (Å²) in [6, 6.07) is 11.4. The van der Waals surface area contributed by atoms with Crippen LogP contribution < -0.4 is 10.1 Å². The number of aliphatic hydroxyl groups excluding tert-OH is 2. The van der Waals surface area contributed by atoms with Crippen LogP contribution in [0, 0.1) is 11.6 Å². The summed E-state index contributed by atoms with van der Waals surface area (Å²) in [6.07, 6.45) is -3.86. The molecule has 2 aromatic carbocycles. The average molecular weight is 381 g/mol. The average Bonchev–Trinajstić information content (AvgIpc) is 2.68. The van der Waals surface area contributed by atoms with Crippen molar-refractivity contribution in [2.45, 2.75) is 25.2 Å². The Hall–Kier alpha value is -2.71. The Bertz CT molecular complexity index is 757. The van der Waals surface area contributed by atoms with Crippen LogP contribution in [0.15, 0.2) is 42.5 Å². The van der Waals surface area contributed by atoms with Gasteiger partial charge in [-0.1, -0.05) is 30.3 Å². The molecule has 1 amide bonds. The van der Waals surface area contributed by atoms with Crippen molar-refractivity contribution in [2.24, 2.45) is 0 Å². The van der Waals surface area contributed by atoms with Crippen LogP contribution in [0.4, 0.5) is 13.6 Å². The molecule has 2 atom stereocenters. The first-order valence-corrected chi connectivity index (χ1v) is 8.26. The fraction of sp³-hybridized carbons (Fsp3) is 0.316. The van der Waals surface area contributed by atoms with Gasteiger partial charge in [0.05, 0.1) is 13.2 Å². The quantitative estimate of drug-likeness (QED) is 0.654. The molecular weight excluding hydrogens is 360 g/mol. The Morgan fingerprint density at radius 2 is 1.81 bits per heavy atom. The van der Waals surface area contributed by atoms with Crippen molar-refractivity contribution in [2.75, 3.05) is 13.7 Å². The van der Waals surface area contributed by atoms with Crippen LogP contribution in [0.2, 0.25) is 0 Å². The number of carbonyl (C=O) groups is 1. The Morgan fingerprint density at radius 3 is 2.48 bits per heavy atom. The second-order valence-corrected chi connectivity index (χ2v) is 5.77. The number of carbonyl (C=O) groups excluding carboxylic acids is 1. The molecule has 146 valence electrons. The molecule has 0 saturated heterocycles. The van der Waals surface area contributed by atoms with Gasteiger partial charge in [-0.05, 0) is 24.1 Å². The predicted octanol–water partition coefficient (Wildman–Crippen LogP) is 2.68. The number of halogens is 2. The second kappa shape index (κ2) is 9.84. The van der Waals surface area contributed by atoms with Crippen LogP contribution in [-0.2, 0) is 11.3 Å². The second-order valence-electron chi connectivity index (χ2n) is 5.77. The van der Waals surface area contributed by atoms with Gasteiger partial charge in [0.25, 0.3) is 0 Å². The molecule has 2 unspecified atom stereocenters. The number of benzene rings is 2. The molecule has 0 spiro atoms. The van der Waals surface area contributed by atoms with Crippen LogP contribution in [-0.4, -0.2) is 36.1 Å². The number of ether oxygens (including phenoxy) is 2. The summed E-state index contributed by atoms with van der Waals surface area (Å²) in [5.41, 5.74) is 0.424. The van der Waals surface area contributed by atoms with Crippen molar-refractivity contribution in [1.82, 2.24) is 5.32 Å². The van der Waals surface area contributed by atoms with E-state index in [1.807, 2.05) is 18.2 Å². The van der Waals surface area contributed by atoms with Crippen LogP contribution >= 0.6 is 0 Å². The fourth-order valence-electron chi connectivity index (χ4n) is 2.39. The van der Waals surface area contributed by atoms with Gasteiger partial charge >= 0.3 is 6.09 Å². The molecule has 3 N–H and O–H groups in total. The van der Waals surface area contributed by atoms with Crippen molar-refractivity contribution >= 4 is 6.09 Å². The summed E-state index contributed by atoms with van der Waals surface area (Å²) < 4.78 is 37.3. The van der Waals surface area contributed by atoms with Gasteiger partial charge in [0, 0.05) is 12.1 Å². The van der Waals surface area contributed by atoms with Gasteiger partial charge in [-0.25, -0.2) is 9.18 Å². The summed E-state index contributed by atoms with van der Waals surface area (Å²) in [5, 5.41) is 22.4. The zero-order valence-electron chi connectivity index (χ0n) is 14.7. The lowest BCUT2D eigenvalue weighted by molar-refractivity contribution is 0.0112. The number of methoxy groups -OCH3 is 1. The van der Waals surface area contributed by atoms with Crippen LogP contribution in [0.3, 0.4) is 0 Å². The minimum absolute atomic E-state index is 0.0217.